The first kappa shape index (κ1) is 18.4. The molecule has 1 aliphatic rings. The minimum absolute atomic E-state index is 0.120. The van der Waals surface area contributed by atoms with Crippen LogP contribution in [0.1, 0.15) is 71.6 Å². The summed E-state index contributed by atoms with van der Waals surface area (Å²) in [5.74, 6) is -0.183. The number of aromatic amines is 1. The molecule has 0 atom stereocenters. The van der Waals surface area contributed by atoms with E-state index in [0.717, 1.165) is 17.5 Å². The predicted molar refractivity (Wildman–Crippen MR) is 106 cm³/mol. The van der Waals surface area contributed by atoms with Crippen LogP contribution in [0.2, 0.25) is 0 Å². The van der Waals surface area contributed by atoms with Crippen molar-refractivity contribution in [3.63, 3.8) is 0 Å². The quantitative estimate of drug-likeness (QED) is 0.822. The fourth-order valence-corrected chi connectivity index (χ4v) is 4.46. The molecule has 0 amide bonds. The van der Waals surface area contributed by atoms with Crippen LogP contribution >= 0.6 is 0 Å². The Labute approximate surface area is 154 Å². The van der Waals surface area contributed by atoms with Crippen molar-refractivity contribution in [1.29, 1.82) is 0 Å². The Morgan fingerprint density at radius 3 is 2.27 bits per heavy atom. The lowest BCUT2D eigenvalue weighted by atomic mass is 9.69. The second kappa shape index (κ2) is 5.83. The zero-order valence-electron chi connectivity index (χ0n) is 17.0. The normalized spacial score (nSPS) is 16.0. The lowest BCUT2D eigenvalue weighted by Crippen LogP contribution is -2.25. The molecule has 0 radical (unpaired) electrons. The Bertz CT molecular complexity index is 1030. The summed E-state index contributed by atoms with van der Waals surface area (Å²) < 4.78 is 1.36. The van der Waals surface area contributed by atoms with Crippen molar-refractivity contribution in [1.82, 2.24) is 9.78 Å². The highest BCUT2D eigenvalue weighted by Gasteiger charge is 2.32. The molecule has 1 aromatic carbocycles. The van der Waals surface area contributed by atoms with E-state index in [4.69, 9.17) is 0 Å². The maximum Gasteiger partial charge on any atom is 0.277 e. The summed E-state index contributed by atoms with van der Waals surface area (Å²) in [5.41, 5.74) is 8.39. The Balaban J connectivity index is 2.28. The van der Waals surface area contributed by atoms with E-state index < -0.39 is 0 Å². The molecule has 2 aromatic rings. The Morgan fingerprint density at radius 1 is 1.12 bits per heavy atom. The number of hydrogen-bond acceptors (Lipinski definition) is 2. The maximum atomic E-state index is 13.3. The lowest BCUT2D eigenvalue weighted by molar-refractivity contribution is 0.103. The van der Waals surface area contributed by atoms with Crippen LogP contribution in [0.5, 0.6) is 0 Å². The third-order valence-corrected chi connectivity index (χ3v) is 6.12. The van der Waals surface area contributed by atoms with Crippen molar-refractivity contribution in [2.24, 2.45) is 12.5 Å². The van der Waals surface area contributed by atoms with Gasteiger partial charge >= 0.3 is 0 Å². The van der Waals surface area contributed by atoms with Gasteiger partial charge in [-0.15, -0.1) is 0 Å². The molecule has 0 spiro atoms. The second-order valence-electron chi connectivity index (χ2n) is 8.34. The molecule has 0 aliphatic heterocycles. The molecule has 4 nitrogen and oxygen atoms in total. The van der Waals surface area contributed by atoms with E-state index in [9.17, 15) is 9.59 Å². The molecule has 1 aromatic heterocycles. The van der Waals surface area contributed by atoms with E-state index in [-0.39, 0.29) is 22.3 Å². The number of carbonyl (C=O) groups is 1. The molecule has 3 rings (SSSR count). The van der Waals surface area contributed by atoms with Crippen LogP contribution in [0.15, 0.2) is 16.4 Å². The topological polar surface area (TPSA) is 54.9 Å². The highest BCUT2D eigenvalue weighted by molar-refractivity contribution is 6.12. The van der Waals surface area contributed by atoms with Gasteiger partial charge < -0.3 is 0 Å². The van der Waals surface area contributed by atoms with Gasteiger partial charge in [0.25, 0.3) is 5.56 Å². The first-order valence-corrected chi connectivity index (χ1v) is 9.09. The minimum Gasteiger partial charge on any atom is -0.299 e. The van der Waals surface area contributed by atoms with Crippen molar-refractivity contribution in [3.05, 3.63) is 61.1 Å². The summed E-state index contributed by atoms with van der Waals surface area (Å²) in [4.78, 5) is 25.7. The van der Waals surface area contributed by atoms with Crippen LogP contribution in [0.4, 0.5) is 0 Å². The van der Waals surface area contributed by atoms with Crippen LogP contribution < -0.4 is 5.56 Å². The van der Waals surface area contributed by atoms with Crippen LogP contribution in [0.3, 0.4) is 0 Å². The first-order valence-electron chi connectivity index (χ1n) is 9.09. The molecular formula is C22H28N2O2. The average molecular weight is 352 g/mol. The number of rotatable bonds is 2. The number of aromatic nitrogens is 2. The van der Waals surface area contributed by atoms with Gasteiger partial charge in [0.15, 0.2) is 0 Å². The molecule has 0 unspecified atom stereocenters. The van der Waals surface area contributed by atoms with Gasteiger partial charge in [0, 0.05) is 18.3 Å². The predicted octanol–water partition coefficient (Wildman–Crippen LogP) is 4.25. The van der Waals surface area contributed by atoms with Gasteiger partial charge in [-0.2, -0.15) is 0 Å². The van der Waals surface area contributed by atoms with E-state index in [1.54, 1.807) is 14.0 Å². The standard InChI is InChI=1S/C22H28N2O2/c1-11-9-16-10-22(6,7)14(4)12(2)18(16)13(3)17(11)20(25)19-15(5)23-24(8)21(19)26/h9,23H,10H2,1-8H3. The summed E-state index contributed by atoms with van der Waals surface area (Å²) in [7, 11) is 1.64. The minimum atomic E-state index is -0.270. The molecule has 4 heteroatoms. The fourth-order valence-electron chi connectivity index (χ4n) is 4.46. The smallest absolute Gasteiger partial charge is 0.277 e. The molecular weight excluding hydrogens is 324 g/mol. The number of carbonyl (C=O) groups excluding carboxylic acids is 1. The number of H-pyrrole nitrogens is 1. The molecule has 0 bridgehead atoms. The Kier molecular flexibility index (Phi) is 4.13. The maximum absolute atomic E-state index is 13.3. The van der Waals surface area contributed by atoms with Crippen molar-refractivity contribution in [3.8, 4) is 0 Å². The molecule has 1 aliphatic carbocycles. The second-order valence-corrected chi connectivity index (χ2v) is 8.34. The number of aryl methyl sites for hydroxylation is 3. The van der Waals surface area contributed by atoms with Crippen molar-refractivity contribution in [2.75, 3.05) is 0 Å². The summed E-state index contributed by atoms with van der Waals surface area (Å²) >= 11 is 0. The lowest BCUT2D eigenvalue weighted by Gasteiger charge is -2.35. The van der Waals surface area contributed by atoms with Crippen LogP contribution in [-0.2, 0) is 13.5 Å². The molecule has 0 saturated heterocycles. The zero-order valence-corrected chi connectivity index (χ0v) is 17.0. The molecule has 1 N–H and O–H groups in total. The fraction of sp³-hybridized carbons (Fsp3) is 0.455. The van der Waals surface area contributed by atoms with E-state index >= 15 is 0 Å². The van der Waals surface area contributed by atoms with Gasteiger partial charge in [0.05, 0.1) is 0 Å². The van der Waals surface area contributed by atoms with Crippen molar-refractivity contribution >= 4 is 11.4 Å². The molecule has 26 heavy (non-hydrogen) atoms. The summed E-state index contributed by atoms with van der Waals surface area (Å²) in [6.07, 6.45) is 0.965. The van der Waals surface area contributed by atoms with E-state index in [2.05, 4.69) is 38.9 Å². The first-order chi connectivity index (χ1) is 12.0. The Hall–Kier alpha value is -2.36. The van der Waals surface area contributed by atoms with Crippen molar-refractivity contribution in [2.45, 2.75) is 54.9 Å². The highest BCUT2D eigenvalue weighted by atomic mass is 16.2. The largest absolute Gasteiger partial charge is 0.299 e. The van der Waals surface area contributed by atoms with Gasteiger partial charge in [0.1, 0.15) is 5.56 Å². The molecule has 138 valence electrons. The van der Waals surface area contributed by atoms with Crippen molar-refractivity contribution < 1.29 is 4.79 Å². The Morgan fingerprint density at radius 2 is 1.73 bits per heavy atom. The zero-order chi connectivity index (χ0) is 19.5. The number of benzene rings is 1. The van der Waals surface area contributed by atoms with Gasteiger partial charge in [-0.3, -0.25) is 19.4 Å². The SMILES string of the molecule is CC1=C(C)C(C)(C)Cc2cc(C)c(C(=O)c3c(C)[nH]n(C)c3=O)c(C)c21. The number of nitrogens with one attached hydrogen (secondary N) is 1. The van der Waals surface area contributed by atoms with Gasteiger partial charge in [-0.1, -0.05) is 25.5 Å². The average Bonchev–Trinajstić information content (AvgIpc) is 2.76. The number of allylic oxidation sites excluding steroid dienone is 2. The third-order valence-electron chi connectivity index (χ3n) is 6.12. The molecule has 0 saturated carbocycles. The third kappa shape index (κ3) is 2.51. The van der Waals surface area contributed by atoms with Crippen LogP contribution in [-0.4, -0.2) is 15.6 Å². The van der Waals surface area contributed by atoms with E-state index in [1.807, 2.05) is 13.8 Å². The summed E-state index contributed by atoms with van der Waals surface area (Å²) in [6, 6.07) is 2.14. The van der Waals surface area contributed by atoms with Gasteiger partial charge in [0.2, 0.25) is 5.78 Å². The number of fused-ring (bicyclic) bond motifs is 1. The monoisotopic (exact) mass is 352 g/mol. The number of nitrogens with zero attached hydrogens (tertiary/aromatic N) is 1. The highest BCUT2D eigenvalue weighted by Crippen LogP contribution is 2.44. The number of hydrogen-bond donors (Lipinski definition) is 1. The molecule has 1 heterocycles. The molecule has 0 fully saturated rings. The summed E-state index contributed by atoms with van der Waals surface area (Å²) in [5, 5.41) is 2.93. The van der Waals surface area contributed by atoms with E-state index in [1.165, 1.54) is 27.0 Å². The van der Waals surface area contributed by atoms with Crippen LogP contribution in [0.25, 0.3) is 5.57 Å². The number of ketones is 1. The summed E-state index contributed by atoms with van der Waals surface area (Å²) in [6.45, 7) is 14.6. The van der Waals surface area contributed by atoms with Gasteiger partial charge in [-0.25, -0.2) is 0 Å². The van der Waals surface area contributed by atoms with E-state index in [0.29, 0.717) is 11.3 Å². The van der Waals surface area contributed by atoms with Gasteiger partial charge in [-0.05, 0) is 74.3 Å². The van der Waals surface area contributed by atoms with Crippen LogP contribution in [0, 0.1) is 26.2 Å².